The number of nitrogens with zero attached hydrogens (tertiary/aromatic N) is 3. The molecule has 2 atom stereocenters. The van der Waals surface area contributed by atoms with Crippen LogP contribution in [-0.4, -0.2) is 41.0 Å². The largest absolute Gasteiger partial charge is 0.491 e. The van der Waals surface area contributed by atoms with Gasteiger partial charge in [-0.05, 0) is 12.1 Å². The number of para-hydroxylation sites is 1. The van der Waals surface area contributed by atoms with E-state index < -0.39 is 11.9 Å². The molecule has 3 aromatic rings. The number of aromatic nitrogens is 3. The molecular weight excluding hydrogens is 361 g/mol. The maximum Gasteiger partial charge on any atom is 0.431 e. The van der Waals surface area contributed by atoms with Crippen molar-refractivity contribution in [2.75, 3.05) is 13.7 Å². The Labute approximate surface area is 152 Å². The predicted octanol–water partition coefficient (Wildman–Crippen LogP) is 3.87. The van der Waals surface area contributed by atoms with Gasteiger partial charge in [0, 0.05) is 18.9 Å². The minimum atomic E-state index is -4.50. The smallest absolute Gasteiger partial charge is 0.431 e. The van der Waals surface area contributed by atoms with Gasteiger partial charge in [-0.15, -0.1) is 0 Å². The molecule has 6 nitrogen and oxygen atoms in total. The van der Waals surface area contributed by atoms with Crippen molar-refractivity contribution in [1.29, 1.82) is 0 Å². The third-order valence-corrected chi connectivity index (χ3v) is 4.45. The number of hydrogen-bond acceptors (Lipinski definition) is 5. The first-order valence-corrected chi connectivity index (χ1v) is 8.17. The van der Waals surface area contributed by atoms with Gasteiger partial charge in [0.2, 0.25) is 0 Å². The lowest BCUT2D eigenvalue weighted by atomic mass is 9.92. The van der Waals surface area contributed by atoms with Gasteiger partial charge >= 0.3 is 6.18 Å². The van der Waals surface area contributed by atoms with E-state index in [1.807, 2.05) is 24.3 Å². The summed E-state index contributed by atoms with van der Waals surface area (Å²) in [4.78, 5) is 14.5. The highest BCUT2D eigenvalue weighted by Crippen LogP contribution is 2.35. The minimum absolute atomic E-state index is 0.0835. The summed E-state index contributed by atoms with van der Waals surface area (Å²) in [5.41, 5.74) is 0.0930. The zero-order valence-corrected chi connectivity index (χ0v) is 14.2. The quantitative estimate of drug-likeness (QED) is 0.705. The number of alkyl halides is 3. The van der Waals surface area contributed by atoms with Gasteiger partial charge in [-0.25, -0.2) is 15.0 Å². The van der Waals surface area contributed by atoms with Crippen LogP contribution in [0.1, 0.15) is 17.2 Å². The number of benzene rings is 1. The van der Waals surface area contributed by atoms with E-state index in [-0.39, 0.29) is 28.9 Å². The van der Waals surface area contributed by atoms with E-state index >= 15 is 0 Å². The number of H-pyrrole nitrogens is 1. The van der Waals surface area contributed by atoms with Crippen LogP contribution < -0.4 is 4.74 Å². The van der Waals surface area contributed by atoms with Gasteiger partial charge in [0.25, 0.3) is 0 Å². The second-order valence-electron chi connectivity index (χ2n) is 6.07. The Morgan fingerprint density at radius 2 is 2.11 bits per heavy atom. The summed E-state index contributed by atoms with van der Waals surface area (Å²) in [6.07, 6.45) is -1.95. The van der Waals surface area contributed by atoms with Crippen molar-refractivity contribution in [3.63, 3.8) is 0 Å². The molecule has 1 aliphatic rings. The maximum absolute atomic E-state index is 12.9. The van der Waals surface area contributed by atoms with E-state index in [1.54, 1.807) is 13.3 Å². The fraction of sp³-hybridized carbons (Fsp3) is 0.278. The molecule has 0 radical (unpaired) electrons. The van der Waals surface area contributed by atoms with Crippen LogP contribution in [0.3, 0.4) is 0 Å². The van der Waals surface area contributed by atoms with Gasteiger partial charge < -0.3 is 14.5 Å². The van der Waals surface area contributed by atoms with Crippen molar-refractivity contribution in [2.45, 2.75) is 18.2 Å². The van der Waals surface area contributed by atoms with Crippen LogP contribution in [0.2, 0.25) is 0 Å². The first-order chi connectivity index (χ1) is 13.0. The van der Waals surface area contributed by atoms with Gasteiger partial charge in [-0.2, -0.15) is 13.2 Å². The predicted molar refractivity (Wildman–Crippen MR) is 92.5 cm³/mol. The molecule has 0 saturated carbocycles. The Hall–Kier alpha value is -2.94. The molecule has 0 saturated heterocycles. The van der Waals surface area contributed by atoms with Crippen LogP contribution in [0.5, 0.6) is 5.75 Å². The molecule has 1 N–H and O–H groups in total. The first-order valence-electron chi connectivity index (χ1n) is 8.17. The van der Waals surface area contributed by atoms with Crippen LogP contribution in [0, 0.1) is 0 Å². The van der Waals surface area contributed by atoms with Crippen LogP contribution in [0.15, 0.2) is 41.7 Å². The van der Waals surface area contributed by atoms with Gasteiger partial charge in [-0.3, -0.25) is 0 Å². The maximum atomic E-state index is 12.9. The lowest BCUT2D eigenvalue weighted by molar-refractivity contribution is -0.140. The zero-order valence-electron chi connectivity index (χ0n) is 14.2. The van der Waals surface area contributed by atoms with E-state index in [0.29, 0.717) is 6.61 Å². The number of rotatable bonds is 3. The summed E-state index contributed by atoms with van der Waals surface area (Å²) in [5, 5.41) is 0.204. The normalized spacial score (nSPS) is 20.0. The number of ether oxygens (including phenoxy) is 2. The Kier molecular flexibility index (Phi) is 4.31. The zero-order chi connectivity index (χ0) is 19.0. The number of methoxy groups -OCH3 is 1. The van der Waals surface area contributed by atoms with Crippen molar-refractivity contribution in [2.24, 2.45) is 4.99 Å². The Morgan fingerprint density at radius 3 is 2.89 bits per heavy atom. The van der Waals surface area contributed by atoms with Gasteiger partial charge in [-0.1, -0.05) is 18.2 Å². The van der Waals surface area contributed by atoms with Crippen LogP contribution in [0.4, 0.5) is 19.0 Å². The van der Waals surface area contributed by atoms with Crippen molar-refractivity contribution in [3.05, 3.63) is 47.9 Å². The molecule has 1 aliphatic heterocycles. The second-order valence-corrected chi connectivity index (χ2v) is 6.07. The minimum Gasteiger partial charge on any atom is -0.491 e. The lowest BCUT2D eigenvalue weighted by Crippen LogP contribution is -2.33. The monoisotopic (exact) mass is 376 g/mol. The molecule has 3 heterocycles. The third kappa shape index (κ3) is 3.25. The summed E-state index contributed by atoms with van der Waals surface area (Å²) < 4.78 is 50.0. The molecule has 27 heavy (non-hydrogen) atoms. The van der Waals surface area contributed by atoms with Crippen molar-refractivity contribution in [1.82, 2.24) is 15.0 Å². The fourth-order valence-electron chi connectivity index (χ4n) is 3.09. The van der Waals surface area contributed by atoms with Crippen LogP contribution in [0.25, 0.3) is 11.0 Å². The number of aromatic amines is 1. The standard InChI is InChI=1S/C18H15F3N4O2/c1-26-14-8-27-13-5-3-2-4-10(13)12(14)7-22-16-11-6-15(18(19,20)21)25-17(11)24-9-23-16/h2-7,9,12,14H,8H2,1H3,(H,23,24,25)/t12?,14-/m0/s1. The Bertz CT molecular complexity index is 1000. The van der Waals surface area contributed by atoms with Gasteiger partial charge in [0.1, 0.15) is 36.1 Å². The van der Waals surface area contributed by atoms with E-state index in [1.165, 1.54) is 6.33 Å². The van der Waals surface area contributed by atoms with Crippen molar-refractivity contribution in [3.8, 4) is 5.75 Å². The topological polar surface area (TPSA) is 72.4 Å². The van der Waals surface area contributed by atoms with Gasteiger partial charge in [0.15, 0.2) is 5.82 Å². The highest BCUT2D eigenvalue weighted by molar-refractivity contribution is 5.88. The molecule has 9 heteroatoms. The second kappa shape index (κ2) is 6.66. The average molecular weight is 376 g/mol. The molecule has 2 aromatic heterocycles. The number of hydrogen-bond donors (Lipinski definition) is 1. The van der Waals surface area contributed by atoms with E-state index in [0.717, 1.165) is 17.4 Å². The molecule has 4 rings (SSSR count). The molecule has 1 aromatic carbocycles. The van der Waals surface area contributed by atoms with Gasteiger partial charge in [0.05, 0.1) is 11.3 Å². The number of halogens is 3. The molecule has 0 bridgehead atoms. The molecule has 140 valence electrons. The summed E-state index contributed by atoms with van der Waals surface area (Å²) in [5.74, 6) is 0.674. The van der Waals surface area contributed by atoms with Crippen molar-refractivity contribution >= 4 is 23.1 Å². The summed E-state index contributed by atoms with van der Waals surface area (Å²) in [7, 11) is 1.58. The highest BCUT2D eigenvalue weighted by atomic mass is 19.4. The fourth-order valence-corrected chi connectivity index (χ4v) is 3.09. The molecule has 0 amide bonds. The summed E-state index contributed by atoms with van der Waals surface area (Å²) in [6.45, 7) is 0.353. The molecule has 1 unspecified atom stereocenters. The van der Waals surface area contributed by atoms with E-state index in [9.17, 15) is 13.2 Å². The Balaban J connectivity index is 1.73. The highest BCUT2D eigenvalue weighted by Gasteiger charge is 2.33. The number of aliphatic imine (C=N–C) groups is 1. The summed E-state index contributed by atoms with van der Waals surface area (Å²) >= 11 is 0. The first kappa shape index (κ1) is 17.5. The van der Waals surface area contributed by atoms with E-state index in [2.05, 4.69) is 19.9 Å². The number of fused-ring (bicyclic) bond motifs is 2. The lowest BCUT2D eigenvalue weighted by Gasteiger charge is -2.30. The molecular formula is C18H15F3N4O2. The number of nitrogens with one attached hydrogen (secondary N) is 1. The third-order valence-electron chi connectivity index (χ3n) is 4.45. The van der Waals surface area contributed by atoms with Crippen LogP contribution in [-0.2, 0) is 10.9 Å². The van der Waals surface area contributed by atoms with Crippen molar-refractivity contribution < 1.29 is 22.6 Å². The van der Waals surface area contributed by atoms with Crippen LogP contribution >= 0.6 is 0 Å². The SMILES string of the molecule is CO[C@H]1COc2ccccc2C1C=Nc1ncnc2[nH]c(C(F)(F)F)cc12. The molecule has 0 fully saturated rings. The van der Waals surface area contributed by atoms with E-state index in [4.69, 9.17) is 9.47 Å². The Morgan fingerprint density at radius 1 is 1.30 bits per heavy atom. The molecule has 0 aliphatic carbocycles. The molecule has 0 spiro atoms. The summed E-state index contributed by atoms with van der Waals surface area (Å²) in [6, 6.07) is 8.48. The average Bonchev–Trinajstić information content (AvgIpc) is 3.11.